The molecule has 0 radical (unpaired) electrons. The Bertz CT molecular complexity index is 475. The largest absolute Gasteiger partial charge is 0.480 e. The molecule has 3 nitrogen and oxygen atoms in total. The van der Waals surface area contributed by atoms with E-state index in [0.717, 1.165) is 18.4 Å². The van der Waals surface area contributed by atoms with Gasteiger partial charge in [-0.2, -0.15) is 5.26 Å². The molecule has 0 spiro atoms. The molecule has 1 aliphatic rings. The van der Waals surface area contributed by atoms with E-state index in [4.69, 9.17) is 5.26 Å². The van der Waals surface area contributed by atoms with E-state index in [0.29, 0.717) is 10.8 Å². The summed E-state index contributed by atoms with van der Waals surface area (Å²) in [6.45, 7) is 0. The van der Waals surface area contributed by atoms with E-state index < -0.39 is 11.2 Å². The predicted octanol–water partition coefficient (Wildman–Crippen LogP) is 3.36. The average molecular weight is 261 g/mol. The Morgan fingerprint density at radius 2 is 2.17 bits per heavy atom. The van der Waals surface area contributed by atoms with Gasteiger partial charge in [-0.3, -0.25) is 4.79 Å². The van der Waals surface area contributed by atoms with Crippen molar-refractivity contribution in [2.24, 2.45) is 0 Å². The first-order valence-electron chi connectivity index (χ1n) is 6.09. The Morgan fingerprint density at radius 1 is 1.44 bits per heavy atom. The molecule has 0 saturated heterocycles. The highest BCUT2D eigenvalue weighted by molar-refractivity contribution is 8.00. The van der Waals surface area contributed by atoms with Gasteiger partial charge in [-0.25, -0.2) is 0 Å². The predicted molar refractivity (Wildman–Crippen MR) is 71.4 cm³/mol. The number of carboxylic acid groups (broad SMARTS) is 1. The first-order chi connectivity index (χ1) is 8.70. The monoisotopic (exact) mass is 261 g/mol. The van der Waals surface area contributed by atoms with Crippen molar-refractivity contribution in [2.45, 2.75) is 36.2 Å². The summed E-state index contributed by atoms with van der Waals surface area (Å²) in [7, 11) is 0. The number of nitriles is 1. The lowest BCUT2D eigenvalue weighted by Gasteiger charge is -2.17. The zero-order valence-corrected chi connectivity index (χ0v) is 10.8. The van der Waals surface area contributed by atoms with Gasteiger partial charge in [-0.1, -0.05) is 25.0 Å². The lowest BCUT2D eigenvalue weighted by atomic mass is 10.1. The van der Waals surface area contributed by atoms with E-state index >= 15 is 0 Å². The molecule has 2 rings (SSSR count). The molecule has 1 aliphatic carbocycles. The molecule has 1 N–H and O–H groups in total. The second-order valence-electron chi connectivity index (χ2n) is 4.50. The van der Waals surface area contributed by atoms with E-state index in [9.17, 15) is 9.90 Å². The first-order valence-corrected chi connectivity index (χ1v) is 7.03. The van der Waals surface area contributed by atoms with Gasteiger partial charge in [0.1, 0.15) is 5.25 Å². The van der Waals surface area contributed by atoms with Crippen molar-refractivity contribution >= 4 is 17.7 Å². The van der Waals surface area contributed by atoms with Gasteiger partial charge in [0.15, 0.2) is 0 Å². The Hall–Kier alpha value is -1.47. The van der Waals surface area contributed by atoms with Crippen LogP contribution in [0.4, 0.5) is 0 Å². The Morgan fingerprint density at radius 3 is 2.78 bits per heavy atom. The summed E-state index contributed by atoms with van der Waals surface area (Å²) >= 11 is 1.52. The SMILES string of the molecule is N#Cc1cccc([C@H](SC2CCCC2)C(=O)O)c1. The summed E-state index contributed by atoms with van der Waals surface area (Å²) in [5, 5.41) is 18.1. The number of carboxylic acids is 1. The van der Waals surface area contributed by atoms with Crippen LogP contribution in [-0.4, -0.2) is 16.3 Å². The molecule has 0 amide bonds. The minimum Gasteiger partial charge on any atom is -0.480 e. The van der Waals surface area contributed by atoms with Gasteiger partial charge >= 0.3 is 5.97 Å². The number of nitrogens with zero attached hydrogens (tertiary/aromatic N) is 1. The number of hydrogen-bond donors (Lipinski definition) is 1. The maximum atomic E-state index is 11.4. The minimum absolute atomic E-state index is 0.442. The van der Waals surface area contributed by atoms with Gasteiger partial charge in [0.05, 0.1) is 11.6 Å². The minimum atomic E-state index is -0.818. The Balaban J connectivity index is 2.18. The zero-order chi connectivity index (χ0) is 13.0. The van der Waals surface area contributed by atoms with Crippen molar-refractivity contribution in [2.75, 3.05) is 0 Å². The lowest BCUT2D eigenvalue weighted by Crippen LogP contribution is -2.12. The van der Waals surface area contributed by atoms with E-state index in [-0.39, 0.29) is 0 Å². The fourth-order valence-electron chi connectivity index (χ4n) is 2.27. The van der Waals surface area contributed by atoms with Crippen LogP contribution in [0, 0.1) is 11.3 Å². The van der Waals surface area contributed by atoms with Crippen LogP contribution in [0.1, 0.15) is 42.1 Å². The van der Waals surface area contributed by atoms with Crippen molar-refractivity contribution in [1.29, 1.82) is 5.26 Å². The summed E-state index contributed by atoms with van der Waals surface area (Å²) < 4.78 is 0. The number of benzene rings is 1. The maximum Gasteiger partial charge on any atom is 0.321 e. The van der Waals surface area contributed by atoms with E-state index in [1.807, 2.05) is 0 Å². The van der Waals surface area contributed by atoms with Crippen molar-refractivity contribution in [3.8, 4) is 6.07 Å². The van der Waals surface area contributed by atoms with E-state index in [1.54, 1.807) is 24.3 Å². The lowest BCUT2D eigenvalue weighted by molar-refractivity contribution is -0.136. The summed E-state index contributed by atoms with van der Waals surface area (Å²) in [5.41, 5.74) is 1.24. The molecule has 0 aromatic heterocycles. The molecular formula is C14H15NO2S. The molecule has 1 fully saturated rings. The van der Waals surface area contributed by atoms with E-state index in [2.05, 4.69) is 6.07 Å². The van der Waals surface area contributed by atoms with Gasteiger partial charge < -0.3 is 5.11 Å². The smallest absolute Gasteiger partial charge is 0.321 e. The van der Waals surface area contributed by atoms with Crippen molar-refractivity contribution in [3.05, 3.63) is 35.4 Å². The van der Waals surface area contributed by atoms with Crippen LogP contribution in [0.3, 0.4) is 0 Å². The zero-order valence-electron chi connectivity index (χ0n) is 10.0. The van der Waals surface area contributed by atoms with Crippen LogP contribution >= 0.6 is 11.8 Å². The molecule has 1 saturated carbocycles. The van der Waals surface area contributed by atoms with Gasteiger partial charge in [0, 0.05) is 5.25 Å². The standard InChI is InChI=1S/C14H15NO2S/c15-9-10-4-3-5-11(8-10)13(14(16)17)18-12-6-1-2-7-12/h3-5,8,12-13H,1-2,6-7H2,(H,16,17)/t13-/m0/s1. The fourth-order valence-corrected chi connectivity index (χ4v) is 3.68. The number of hydrogen-bond acceptors (Lipinski definition) is 3. The van der Waals surface area contributed by atoms with Crippen LogP contribution < -0.4 is 0 Å². The molecule has 0 heterocycles. The maximum absolute atomic E-state index is 11.4. The van der Waals surface area contributed by atoms with Crippen molar-refractivity contribution in [3.63, 3.8) is 0 Å². The molecule has 4 heteroatoms. The molecule has 0 aliphatic heterocycles. The molecular weight excluding hydrogens is 246 g/mol. The second kappa shape index (κ2) is 5.92. The summed E-state index contributed by atoms with van der Waals surface area (Å²) in [6, 6.07) is 8.97. The Kier molecular flexibility index (Phi) is 4.27. The third-order valence-electron chi connectivity index (χ3n) is 3.17. The number of rotatable bonds is 4. The Labute approximate surface area is 111 Å². The average Bonchev–Trinajstić information content (AvgIpc) is 2.88. The molecule has 1 atom stereocenters. The molecule has 0 bridgehead atoms. The van der Waals surface area contributed by atoms with Gasteiger partial charge in [0.25, 0.3) is 0 Å². The van der Waals surface area contributed by atoms with Gasteiger partial charge in [-0.05, 0) is 30.5 Å². The third kappa shape index (κ3) is 3.05. The van der Waals surface area contributed by atoms with Crippen LogP contribution in [0.25, 0.3) is 0 Å². The van der Waals surface area contributed by atoms with Gasteiger partial charge in [-0.15, -0.1) is 11.8 Å². The number of aliphatic carboxylic acids is 1. The summed E-state index contributed by atoms with van der Waals surface area (Å²) in [6.07, 6.45) is 4.60. The molecule has 18 heavy (non-hydrogen) atoms. The summed E-state index contributed by atoms with van der Waals surface area (Å²) in [5.74, 6) is -0.818. The molecule has 94 valence electrons. The normalized spacial score (nSPS) is 17.3. The van der Waals surface area contributed by atoms with E-state index in [1.165, 1.54) is 24.6 Å². The third-order valence-corrected chi connectivity index (χ3v) is 4.78. The molecule has 0 unspecified atom stereocenters. The quantitative estimate of drug-likeness (QED) is 0.902. The highest BCUT2D eigenvalue weighted by atomic mass is 32.2. The van der Waals surface area contributed by atoms with Crippen molar-refractivity contribution in [1.82, 2.24) is 0 Å². The van der Waals surface area contributed by atoms with Gasteiger partial charge in [0.2, 0.25) is 0 Å². The van der Waals surface area contributed by atoms with Crippen LogP contribution in [0.5, 0.6) is 0 Å². The van der Waals surface area contributed by atoms with Crippen LogP contribution in [-0.2, 0) is 4.79 Å². The number of thioether (sulfide) groups is 1. The molecule has 1 aromatic rings. The summed E-state index contributed by atoms with van der Waals surface area (Å²) in [4.78, 5) is 11.4. The van der Waals surface area contributed by atoms with Crippen LogP contribution in [0.2, 0.25) is 0 Å². The van der Waals surface area contributed by atoms with Crippen LogP contribution in [0.15, 0.2) is 24.3 Å². The topological polar surface area (TPSA) is 61.1 Å². The highest BCUT2D eigenvalue weighted by Gasteiger charge is 2.26. The second-order valence-corrected chi connectivity index (χ2v) is 5.91. The number of carbonyl (C=O) groups is 1. The fraction of sp³-hybridized carbons (Fsp3) is 0.429. The highest BCUT2D eigenvalue weighted by Crippen LogP contribution is 2.39. The van der Waals surface area contributed by atoms with Crippen molar-refractivity contribution < 1.29 is 9.90 Å². The first kappa shape index (κ1) is 13.0. The molecule has 1 aromatic carbocycles.